The first-order chi connectivity index (χ1) is 14.2. The van der Waals surface area contributed by atoms with E-state index in [-0.39, 0.29) is 35.2 Å². The first-order valence-electron chi connectivity index (χ1n) is 9.87. The third-order valence-electron chi connectivity index (χ3n) is 5.40. The summed E-state index contributed by atoms with van der Waals surface area (Å²) in [5.74, 6) is 0.0950. The molecule has 1 N–H and O–H groups in total. The van der Waals surface area contributed by atoms with Gasteiger partial charge in [-0.15, -0.1) is 0 Å². The molecule has 8 heteroatoms. The van der Waals surface area contributed by atoms with E-state index in [2.05, 4.69) is 5.32 Å². The zero-order valence-electron chi connectivity index (χ0n) is 17.3. The van der Waals surface area contributed by atoms with Crippen molar-refractivity contribution in [2.75, 3.05) is 28.3 Å². The van der Waals surface area contributed by atoms with Crippen LogP contribution in [0.4, 0.5) is 11.4 Å². The normalized spacial score (nSPS) is 21.8. The second-order valence-corrected chi connectivity index (χ2v) is 11.3. The first kappa shape index (κ1) is 20.9. The number of benzene rings is 2. The molecule has 2 atom stereocenters. The highest BCUT2D eigenvalue weighted by atomic mass is 32.2. The van der Waals surface area contributed by atoms with Crippen LogP contribution in [-0.4, -0.2) is 48.8 Å². The van der Waals surface area contributed by atoms with Gasteiger partial charge >= 0.3 is 0 Å². The third-order valence-corrected chi connectivity index (χ3v) is 8.64. The summed E-state index contributed by atoms with van der Waals surface area (Å²) in [4.78, 5) is 19.6. The maximum atomic E-state index is 13.0. The van der Waals surface area contributed by atoms with Gasteiger partial charge in [-0.3, -0.25) is 9.79 Å². The topological polar surface area (TPSA) is 78.8 Å². The molecule has 0 aromatic heterocycles. The van der Waals surface area contributed by atoms with Crippen molar-refractivity contribution in [2.45, 2.75) is 32.1 Å². The molecule has 30 heavy (non-hydrogen) atoms. The van der Waals surface area contributed by atoms with Crippen LogP contribution in [0.3, 0.4) is 0 Å². The van der Waals surface area contributed by atoms with Crippen LogP contribution in [0.5, 0.6) is 0 Å². The maximum absolute atomic E-state index is 13.0. The number of amides is 1. The minimum atomic E-state index is -3.02. The van der Waals surface area contributed by atoms with Gasteiger partial charge in [0.15, 0.2) is 15.0 Å². The lowest BCUT2D eigenvalue weighted by Gasteiger charge is -2.25. The van der Waals surface area contributed by atoms with E-state index in [1.165, 1.54) is 11.8 Å². The molecule has 1 amide bonds. The number of rotatable bonds is 4. The molecule has 0 radical (unpaired) electrons. The molecule has 2 aliphatic heterocycles. The number of aryl methyl sites for hydroxylation is 3. The van der Waals surface area contributed by atoms with Gasteiger partial charge in [0, 0.05) is 16.6 Å². The molecular weight excluding hydrogens is 418 g/mol. The number of carbonyl (C=O) groups is 1. The van der Waals surface area contributed by atoms with E-state index in [9.17, 15) is 13.2 Å². The summed E-state index contributed by atoms with van der Waals surface area (Å²) in [7, 11) is -3.02. The fraction of sp³-hybridized carbons (Fsp3) is 0.364. The number of fused-ring (bicyclic) bond motifs is 1. The fourth-order valence-electron chi connectivity index (χ4n) is 3.87. The first-order valence-corrected chi connectivity index (χ1v) is 12.6. The van der Waals surface area contributed by atoms with Gasteiger partial charge in [0.1, 0.15) is 6.54 Å². The van der Waals surface area contributed by atoms with E-state index in [1.807, 2.05) is 68.1 Å². The van der Waals surface area contributed by atoms with E-state index < -0.39 is 9.84 Å². The summed E-state index contributed by atoms with van der Waals surface area (Å²) in [5, 5.41) is 3.68. The summed E-state index contributed by atoms with van der Waals surface area (Å²) in [6, 6.07) is 13.6. The average Bonchev–Trinajstić information content (AvgIpc) is 3.16. The SMILES string of the molecule is Cc1cccc(N(CC(=O)Nc2c(C)cccc2C)C2=N[C@@H]3CS(=O)(=O)C[C@H]3S2)c1. The lowest BCUT2D eigenvalue weighted by molar-refractivity contribution is -0.114. The highest BCUT2D eigenvalue weighted by molar-refractivity contribution is 8.15. The van der Waals surface area contributed by atoms with Gasteiger partial charge in [-0.05, 0) is 49.6 Å². The molecule has 1 fully saturated rings. The van der Waals surface area contributed by atoms with Gasteiger partial charge in [0.25, 0.3) is 0 Å². The molecule has 2 aromatic rings. The number of aliphatic imine (C=N–C) groups is 1. The number of carbonyl (C=O) groups excluding carboxylic acids is 1. The number of nitrogens with one attached hydrogen (secondary N) is 1. The minimum absolute atomic E-state index is 0.0704. The lowest BCUT2D eigenvalue weighted by atomic mass is 10.1. The Balaban J connectivity index is 1.60. The maximum Gasteiger partial charge on any atom is 0.244 e. The highest BCUT2D eigenvalue weighted by Gasteiger charge is 2.44. The van der Waals surface area contributed by atoms with E-state index in [0.29, 0.717) is 5.17 Å². The van der Waals surface area contributed by atoms with E-state index in [4.69, 9.17) is 4.99 Å². The van der Waals surface area contributed by atoms with Crippen LogP contribution in [0, 0.1) is 20.8 Å². The van der Waals surface area contributed by atoms with Crippen LogP contribution in [0.15, 0.2) is 47.5 Å². The minimum Gasteiger partial charge on any atom is -0.324 e. The number of amidine groups is 1. The van der Waals surface area contributed by atoms with Crippen molar-refractivity contribution in [3.8, 4) is 0 Å². The Morgan fingerprint density at radius 1 is 1.13 bits per heavy atom. The van der Waals surface area contributed by atoms with Crippen molar-refractivity contribution < 1.29 is 13.2 Å². The third kappa shape index (κ3) is 4.39. The monoisotopic (exact) mass is 443 g/mol. The Labute approximate surface area is 181 Å². The van der Waals surface area contributed by atoms with Crippen molar-refractivity contribution in [3.63, 3.8) is 0 Å². The summed E-state index contributed by atoms with van der Waals surface area (Å²) in [5.41, 5.74) is 4.81. The average molecular weight is 444 g/mol. The number of hydrogen-bond donors (Lipinski definition) is 1. The molecule has 0 spiro atoms. The fourth-order valence-corrected chi connectivity index (χ4v) is 7.65. The van der Waals surface area contributed by atoms with E-state index in [1.54, 1.807) is 0 Å². The summed E-state index contributed by atoms with van der Waals surface area (Å²) < 4.78 is 23.8. The molecule has 2 aliphatic rings. The molecule has 0 saturated carbocycles. The predicted molar refractivity (Wildman–Crippen MR) is 124 cm³/mol. The second kappa shape index (κ2) is 8.07. The molecule has 2 aromatic carbocycles. The van der Waals surface area contributed by atoms with Crippen molar-refractivity contribution in [3.05, 3.63) is 59.2 Å². The van der Waals surface area contributed by atoms with Crippen molar-refractivity contribution in [2.24, 2.45) is 4.99 Å². The summed E-state index contributed by atoms with van der Waals surface area (Å²) >= 11 is 1.46. The quantitative estimate of drug-likeness (QED) is 0.784. The van der Waals surface area contributed by atoms with Crippen LogP contribution in [0.25, 0.3) is 0 Å². The van der Waals surface area contributed by atoms with E-state index in [0.717, 1.165) is 28.1 Å². The van der Waals surface area contributed by atoms with Gasteiger partial charge < -0.3 is 10.2 Å². The van der Waals surface area contributed by atoms with Crippen LogP contribution in [0.1, 0.15) is 16.7 Å². The molecule has 0 bridgehead atoms. The van der Waals surface area contributed by atoms with Crippen molar-refractivity contribution in [1.82, 2.24) is 0 Å². The van der Waals surface area contributed by atoms with Crippen molar-refractivity contribution in [1.29, 1.82) is 0 Å². The largest absolute Gasteiger partial charge is 0.324 e. The van der Waals surface area contributed by atoms with Gasteiger partial charge in [-0.25, -0.2) is 8.42 Å². The Hall–Kier alpha value is -2.32. The zero-order chi connectivity index (χ0) is 21.5. The molecule has 2 heterocycles. The van der Waals surface area contributed by atoms with Gasteiger partial charge in [0.2, 0.25) is 5.91 Å². The molecule has 4 rings (SSSR count). The summed E-state index contributed by atoms with van der Waals surface area (Å²) in [6.07, 6.45) is 0. The highest BCUT2D eigenvalue weighted by Crippen LogP contribution is 2.37. The number of nitrogens with zero attached hydrogens (tertiary/aromatic N) is 2. The van der Waals surface area contributed by atoms with Crippen LogP contribution >= 0.6 is 11.8 Å². The van der Waals surface area contributed by atoms with Crippen LogP contribution in [0.2, 0.25) is 0 Å². The molecule has 158 valence electrons. The molecule has 0 aliphatic carbocycles. The lowest BCUT2D eigenvalue weighted by Crippen LogP contribution is -2.37. The van der Waals surface area contributed by atoms with Gasteiger partial charge in [-0.2, -0.15) is 0 Å². The standard InChI is InChI=1S/C22H25N3O3S2/c1-14-6-4-9-17(10-14)25(22-23-18-12-30(27,28)13-19(18)29-22)11-20(26)24-21-15(2)7-5-8-16(21)3/h4-10,18-19H,11-13H2,1-3H3,(H,24,26)/t18-,19-/m1/s1. The van der Waals surface area contributed by atoms with Crippen molar-refractivity contribution >= 4 is 44.0 Å². The number of para-hydroxylation sites is 1. The summed E-state index contributed by atoms with van der Waals surface area (Å²) in [6.45, 7) is 6.05. The zero-order valence-corrected chi connectivity index (χ0v) is 18.9. The number of thioether (sulfide) groups is 1. The predicted octanol–water partition coefficient (Wildman–Crippen LogP) is 3.33. The van der Waals surface area contributed by atoms with Crippen LogP contribution < -0.4 is 10.2 Å². The number of sulfone groups is 1. The van der Waals surface area contributed by atoms with Crippen LogP contribution in [-0.2, 0) is 14.6 Å². The number of anilines is 2. The Morgan fingerprint density at radius 3 is 2.50 bits per heavy atom. The molecular formula is C22H25N3O3S2. The Morgan fingerprint density at radius 2 is 1.83 bits per heavy atom. The molecule has 0 unspecified atom stereocenters. The van der Waals surface area contributed by atoms with E-state index >= 15 is 0 Å². The molecule has 1 saturated heterocycles. The smallest absolute Gasteiger partial charge is 0.244 e. The number of hydrogen-bond acceptors (Lipinski definition) is 6. The Kier molecular flexibility index (Phi) is 5.63. The van der Waals surface area contributed by atoms with Gasteiger partial charge in [0.05, 0.1) is 17.5 Å². The Bertz CT molecular complexity index is 1110. The second-order valence-electron chi connectivity index (χ2n) is 7.95. The van der Waals surface area contributed by atoms with Gasteiger partial charge in [-0.1, -0.05) is 42.1 Å². The molecule has 6 nitrogen and oxygen atoms in total.